The van der Waals surface area contributed by atoms with Crippen LogP contribution in [0.5, 0.6) is 11.5 Å². The van der Waals surface area contributed by atoms with Crippen LogP contribution < -0.4 is 20.5 Å². The minimum Gasteiger partial charge on any atom is -0.489 e. The second kappa shape index (κ2) is 11.9. The third-order valence-corrected chi connectivity index (χ3v) is 5.37. The number of primary amides is 1. The van der Waals surface area contributed by atoms with Gasteiger partial charge in [-0.15, -0.1) is 0 Å². The molecular weight excluding hydrogens is 471 g/mol. The van der Waals surface area contributed by atoms with Gasteiger partial charge in [-0.05, 0) is 30.2 Å². The van der Waals surface area contributed by atoms with E-state index >= 15 is 0 Å². The number of nitriles is 1. The number of rotatable bonds is 10. The zero-order valence-corrected chi connectivity index (χ0v) is 19.2. The second-order valence-corrected chi connectivity index (χ2v) is 8.36. The van der Waals surface area contributed by atoms with Crippen molar-refractivity contribution in [3.8, 4) is 17.6 Å². The van der Waals surface area contributed by atoms with Crippen LogP contribution >= 0.6 is 23.2 Å². The molecule has 1 aliphatic rings. The molecule has 1 saturated heterocycles. The molecule has 0 unspecified atom stereocenters. The van der Waals surface area contributed by atoms with E-state index in [1.807, 2.05) is 30.3 Å². The van der Waals surface area contributed by atoms with E-state index in [1.165, 1.54) is 17.7 Å². The smallest absolute Gasteiger partial charge is 0.316 e. The number of hydrogen-bond acceptors (Lipinski definition) is 7. The molecule has 0 aromatic heterocycles. The summed E-state index contributed by atoms with van der Waals surface area (Å²) < 4.78 is 10.9. The van der Waals surface area contributed by atoms with Crippen LogP contribution in [0.4, 0.5) is 10.5 Å². The predicted octanol–water partition coefficient (Wildman–Crippen LogP) is 3.23. The highest BCUT2D eigenvalue weighted by Gasteiger charge is 2.26. The Morgan fingerprint density at radius 2 is 2.06 bits per heavy atom. The third-order valence-electron chi connectivity index (χ3n) is 4.82. The molecule has 1 fully saturated rings. The number of hydrogen-bond donors (Lipinski definition) is 3. The van der Waals surface area contributed by atoms with Crippen molar-refractivity contribution < 1.29 is 24.2 Å². The van der Waals surface area contributed by atoms with Gasteiger partial charge in [-0.25, -0.2) is 4.79 Å². The van der Waals surface area contributed by atoms with E-state index in [1.54, 1.807) is 5.06 Å². The molecule has 9 nitrogen and oxygen atoms in total. The van der Waals surface area contributed by atoms with Crippen molar-refractivity contribution in [3.05, 3.63) is 52.0 Å². The Labute approximate surface area is 201 Å². The number of β-amino-alcohol motifs (C(OH)–C–C–N with tert-alkyl or cyclic N) is 1. The van der Waals surface area contributed by atoms with Crippen LogP contribution in [0.15, 0.2) is 36.4 Å². The molecule has 33 heavy (non-hydrogen) atoms. The highest BCUT2D eigenvalue weighted by Crippen LogP contribution is 2.36. The molecule has 0 aliphatic carbocycles. The zero-order chi connectivity index (χ0) is 23.8. The maximum Gasteiger partial charge on any atom is 0.316 e. The summed E-state index contributed by atoms with van der Waals surface area (Å²) in [4.78, 5) is 17.0. The first-order valence-electron chi connectivity index (χ1n) is 10.2. The molecule has 1 heterocycles. The van der Waals surface area contributed by atoms with Gasteiger partial charge in [0.05, 0.1) is 23.9 Å². The maximum atomic E-state index is 11.3. The van der Waals surface area contributed by atoms with E-state index in [0.29, 0.717) is 24.1 Å². The summed E-state index contributed by atoms with van der Waals surface area (Å²) in [5.74, 6) is 0.681. The summed E-state index contributed by atoms with van der Waals surface area (Å²) in [7, 11) is 0. The van der Waals surface area contributed by atoms with Gasteiger partial charge in [-0.1, -0.05) is 35.3 Å². The van der Waals surface area contributed by atoms with Crippen LogP contribution in [0.25, 0.3) is 0 Å². The third kappa shape index (κ3) is 7.67. The number of anilines is 1. The van der Waals surface area contributed by atoms with Crippen molar-refractivity contribution in [2.45, 2.75) is 12.5 Å². The minimum absolute atomic E-state index is 0.0888. The number of amides is 2. The number of nitrogens with one attached hydrogen (secondary N) is 1. The summed E-state index contributed by atoms with van der Waals surface area (Å²) in [5, 5.41) is 24.1. The second-order valence-electron chi connectivity index (χ2n) is 7.52. The molecule has 11 heteroatoms. The number of halogens is 2. The molecule has 2 aromatic rings. The van der Waals surface area contributed by atoms with Crippen molar-refractivity contribution in [2.24, 2.45) is 11.7 Å². The summed E-state index contributed by atoms with van der Waals surface area (Å²) in [6.45, 7) is 1.16. The molecule has 0 bridgehead atoms. The Balaban J connectivity index is 1.54. The largest absolute Gasteiger partial charge is 0.489 e. The lowest BCUT2D eigenvalue weighted by Crippen LogP contribution is -2.33. The summed E-state index contributed by atoms with van der Waals surface area (Å²) in [6.07, 6.45) is -0.0292. The quantitative estimate of drug-likeness (QED) is 0.461. The van der Waals surface area contributed by atoms with Crippen molar-refractivity contribution in [1.82, 2.24) is 5.06 Å². The average molecular weight is 495 g/mol. The number of benzene rings is 2. The highest BCUT2D eigenvalue weighted by atomic mass is 35.5. The van der Waals surface area contributed by atoms with E-state index in [0.717, 1.165) is 6.42 Å². The summed E-state index contributed by atoms with van der Waals surface area (Å²) in [6, 6.07) is 11.6. The van der Waals surface area contributed by atoms with Crippen LogP contribution in [0.1, 0.15) is 5.56 Å². The SMILES string of the molecule is N#CCOc1cc(OC[C@@H](O)CN2C[C@@H](Cc3ccc(Cl)cc3)CO2)c(NC(N)=O)cc1Cl. The van der Waals surface area contributed by atoms with E-state index in [4.69, 9.17) is 48.5 Å². The fraction of sp³-hybridized carbons (Fsp3) is 0.364. The van der Waals surface area contributed by atoms with Crippen LogP contribution in [0.2, 0.25) is 10.0 Å². The summed E-state index contributed by atoms with van der Waals surface area (Å²) >= 11 is 12.0. The number of urea groups is 1. The standard InChI is InChI=1S/C22H24Cl2N4O5/c23-16-3-1-14(2-4-16)7-15-10-28(33-12-15)11-17(29)13-32-21-9-20(31-6-5-25)18(24)8-19(21)27-22(26)30/h1-4,8-9,15,17,29H,6-7,10-13H2,(H3,26,27,30)/t15-,17+/m1/s1. The van der Waals surface area contributed by atoms with E-state index in [9.17, 15) is 9.90 Å². The molecule has 0 saturated carbocycles. The fourth-order valence-electron chi connectivity index (χ4n) is 3.39. The molecule has 3 rings (SSSR count). The number of aliphatic hydroxyl groups excluding tert-OH is 1. The lowest BCUT2D eigenvalue weighted by molar-refractivity contribution is -0.131. The number of nitrogens with two attached hydrogens (primary N) is 1. The maximum absolute atomic E-state index is 11.3. The number of aliphatic hydroxyl groups is 1. The molecule has 1 aliphatic heterocycles. The van der Waals surface area contributed by atoms with Crippen LogP contribution in [-0.2, 0) is 11.3 Å². The zero-order valence-electron chi connectivity index (χ0n) is 17.7. The minimum atomic E-state index is -0.875. The molecular formula is C22H24Cl2N4O5. The lowest BCUT2D eigenvalue weighted by atomic mass is 10.0. The number of carbonyl (C=O) groups excluding carboxylic acids is 1. The van der Waals surface area contributed by atoms with Gasteiger partial charge in [-0.3, -0.25) is 4.84 Å². The van der Waals surface area contributed by atoms with Crippen molar-refractivity contribution in [2.75, 3.05) is 38.2 Å². The summed E-state index contributed by atoms with van der Waals surface area (Å²) in [5.41, 5.74) is 6.58. The molecule has 176 valence electrons. The van der Waals surface area contributed by atoms with Gasteiger partial charge in [0.1, 0.15) is 30.3 Å². The number of nitrogens with zero attached hydrogens (tertiary/aromatic N) is 2. The molecule has 2 amide bonds. The molecule has 0 radical (unpaired) electrons. The van der Waals surface area contributed by atoms with Crippen LogP contribution in [-0.4, -0.2) is 55.2 Å². The topological polar surface area (TPSA) is 130 Å². The van der Waals surface area contributed by atoms with Crippen molar-refractivity contribution >= 4 is 34.9 Å². The van der Waals surface area contributed by atoms with E-state index < -0.39 is 12.1 Å². The number of hydroxylamine groups is 2. The van der Waals surface area contributed by atoms with Gasteiger partial charge >= 0.3 is 6.03 Å². The first kappa shape index (κ1) is 24.9. The number of ether oxygens (including phenoxy) is 2. The van der Waals surface area contributed by atoms with Gasteiger partial charge in [0.2, 0.25) is 0 Å². The Morgan fingerprint density at radius 1 is 1.30 bits per heavy atom. The number of carbonyl (C=O) groups is 1. The Morgan fingerprint density at radius 3 is 2.76 bits per heavy atom. The first-order valence-corrected chi connectivity index (χ1v) is 10.9. The molecule has 2 atom stereocenters. The Bertz CT molecular complexity index is 1000. The average Bonchev–Trinajstić information content (AvgIpc) is 3.20. The normalized spacial score (nSPS) is 16.7. The van der Waals surface area contributed by atoms with Gasteiger partial charge in [0, 0.05) is 23.6 Å². The van der Waals surface area contributed by atoms with Gasteiger partial charge in [0.25, 0.3) is 0 Å². The lowest BCUT2D eigenvalue weighted by Gasteiger charge is -2.20. The van der Waals surface area contributed by atoms with Gasteiger partial charge in [0.15, 0.2) is 6.61 Å². The van der Waals surface area contributed by atoms with E-state index in [-0.39, 0.29) is 42.0 Å². The molecule has 0 spiro atoms. The Kier molecular flexibility index (Phi) is 9.00. The fourth-order valence-corrected chi connectivity index (χ4v) is 3.73. The molecule has 2 aromatic carbocycles. The van der Waals surface area contributed by atoms with Crippen LogP contribution in [0, 0.1) is 17.2 Å². The first-order chi connectivity index (χ1) is 15.8. The predicted molar refractivity (Wildman–Crippen MR) is 123 cm³/mol. The monoisotopic (exact) mass is 494 g/mol. The van der Waals surface area contributed by atoms with Crippen molar-refractivity contribution in [1.29, 1.82) is 5.26 Å². The van der Waals surface area contributed by atoms with E-state index in [2.05, 4.69) is 5.32 Å². The van der Waals surface area contributed by atoms with Gasteiger partial charge in [-0.2, -0.15) is 10.3 Å². The molecule has 4 N–H and O–H groups in total. The van der Waals surface area contributed by atoms with Gasteiger partial charge < -0.3 is 25.6 Å². The van der Waals surface area contributed by atoms with Crippen molar-refractivity contribution in [3.63, 3.8) is 0 Å². The Hall–Kier alpha value is -2.74. The highest BCUT2D eigenvalue weighted by molar-refractivity contribution is 6.32. The van der Waals surface area contributed by atoms with Crippen LogP contribution in [0.3, 0.4) is 0 Å².